The highest BCUT2D eigenvalue weighted by Gasteiger charge is 2.02. The Morgan fingerprint density at radius 1 is 0.938 bits per heavy atom. The van der Waals surface area contributed by atoms with E-state index in [1.165, 1.54) is 0 Å². The highest BCUT2D eigenvalue weighted by Crippen LogP contribution is 2.09. The molecule has 0 aromatic heterocycles. The van der Waals surface area contributed by atoms with Gasteiger partial charge < -0.3 is 10.2 Å². The molecule has 0 saturated heterocycles. The van der Waals surface area contributed by atoms with Crippen LogP contribution in [0.5, 0.6) is 0 Å². The Kier molecular flexibility index (Phi) is 4.51. The maximum atomic E-state index is 10.4. The maximum absolute atomic E-state index is 10.4. The van der Waals surface area contributed by atoms with Crippen LogP contribution in [0.4, 0.5) is 0 Å². The van der Waals surface area contributed by atoms with Gasteiger partial charge in [0.25, 0.3) is 0 Å². The third kappa shape index (κ3) is 4.59. The lowest BCUT2D eigenvalue weighted by molar-refractivity contribution is -0.137. The van der Waals surface area contributed by atoms with Gasteiger partial charge in [-0.15, -0.1) is 0 Å². The van der Waals surface area contributed by atoms with Gasteiger partial charge in [0, 0.05) is 12.8 Å². The molecular formula is C12H14O4. The number of benzene rings is 1. The van der Waals surface area contributed by atoms with E-state index in [0.717, 1.165) is 11.1 Å². The summed E-state index contributed by atoms with van der Waals surface area (Å²) in [5.41, 5.74) is 1.87. The van der Waals surface area contributed by atoms with Crippen LogP contribution < -0.4 is 0 Å². The van der Waals surface area contributed by atoms with Gasteiger partial charge in [0.15, 0.2) is 0 Å². The minimum Gasteiger partial charge on any atom is -0.481 e. The molecule has 0 aliphatic carbocycles. The van der Waals surface area contributed by atoms with Gasteiger partial charge in [-0.05, 0) is 24.0 Å². The molecular weight excluding hydrogens is 208 g/mol. The first kappa shape index (κ1) is 12.2. The highest BCUT2D eigenvalue weighted by molar-refractivity contribution is 5.67. The predicted molar refractivity (Wildman–Crippen MR) is 58.4 cm³/mol. The standard InChI is InChI=1S/C12H14O4/c13-11(14)6-4-9-2-1-3-10(8-9)5-7-12(15)16/h1-3,8H,4-7H2,(H,13,14)(H,15,16). The topological polar surface area (TPSA) is 74.6 Å². The molecule has 0 spiro atoms. The maximum Gasteiger partial charge on any atom is 0.303 e. The Hall–Kier alpha value is -1.84. The lowest BCUT2D eigenvalue weighted by atomic mass is 10.0. The number of carboxylic acid groups (broad SMARTS) is 2. The van der Waals surface area contributed by atoms with Crippen LogP contribution in [0.3, 0.4) is 0 Å². The van der Waals surface area contributed by atoms with Crippen LogP contribution in [0.25, 0.3) is 0 Å². The summed E-state index contributed by atoms with van der Waals surface area (Å²) in [4.78, 5) is 20.8. The summed E-state index contributed by atoms with van der Waals surface area (Å²) in [7, 11) is 0. The molecule has 86 valence electrons. The zero-order valence-electron chi connectivity index (χ0n) is 8.85. The minimum atomic E-state index is -0.823. The fraction of sp³-hybridized carbons (Fsp3) is 0.333. The molecule has 0 aliphatic rings. The average molecular weight is 222 g/mol. The summed E-state index contributed by atoms with van der Waals surface area (Å²) in [5, 5.41) is 17.1. The Morgan fingerprint density at radius 2 is 1.38 bits per heavy atom. The van der Waals surface area contributed by atoms with Crippen molar-refractivity contribution in [2.45, 2.75) is 25.7 Å². The number of carboxylic acids is 2. The third-order valence-corrected chi connectivity index (χ3v) is 2.25. The van der Waals surface area contributed by atoms with Crippen LogP contribution in [0.2, 0.25) is 0 Å². The molecule has 1 aromatic carbocycles. The smallest absolute Gasteiger partial charge is 0.303 e. The molecule has 0 saturated carbocycles. The van der Waals surface area contributed by atoms with Crippen LogP contribution in [-0.4, -0.2) is 22.2 Å². The van der Waals surface area contributed by atoms with Crippen LogP contribution in [0.15, 0.2) is 24.3 Å². The quantitative estimate of drug-likeness (QED) is 0.768. The number of carbonyl (C=O) groups is 2. The fourth-order valence-electron chi connectivity index (χ4n) is 1.44. The molecule has 0 amide bonds. The highest BCUT2D eigenvalue weighted by atomic mass is 16.4. The third-order valence-electron chi connectivity index (χ3n) is 2.25. The Labute approximate surface area is 93.5 Å². The Morgan fingerprint density at radius 3 is 1.75 bits per heavy atom. The fourth-order valence-corrected chi connectivity index (χ4v) is 1.44. The van der Waals surface area contributed by atoms with Crippen molar-refractivity contribution in [2.75, 3.05) is 0 Å². The zero-order valence-corrected chi connectivity index (χ0v) is 8.85. The molecule has 0 unspecified atom stereocenters. The summed E-state index contributed by atoms with van der Waals surface area (Å²) in [6.07, 6.45) is 1.16. The van der Waals surface area contributed by atoms with Gasteiger partial charge in [0.1, 0.15) is 0 Å². The Balaban J connectivity index is 2.56. The monoisotopic (exact) mass is 222 g/mol. The SMILES string of the molecule is O=C(O)CCc1cccc(CCC(=O)O)c1. The molecule has 1 rings (SSSR count). The van der Waals surface area contributed by atoms with E-state index >= 15 is 0 Å². The van der Waals surface area contributed by atoms with Crippen molar-refractivity contribution < 1.29 is 19.8 Å². The summed E-state index contributed by atoms with van der Waals surface area (Å²) in [6, 6.07) is 7.40. The molecule has 1 aromatic rings. The second-order valence-corrected chi connectivity index (χ2v) is 3.61. The van der Waals surface area contributed by atoms with Crippen LogP contribution in [-0.2, 0) is 22.4 Å². The minimum absolute atomic E-state index is 0.0996. The van der Waals surface area contributed by atoms with Crippen LogP contribution >= 0.6 is 0 Å². The van der Waals surface area contributed by atoms with E-state index < -0.39 is 11.9 Å². The van der Waals surface area contributed by atoms with E-state index in [-0.39, 0.29) is 12.8 Å². The van der Waals surface area contributed by atoms with Crippen molar-refractivity contribution in [3.63, 3.8) is 0 Å². The molecule has 0 atom stereocenters. The molecule has 0 aliphatic heterocycles. The van der Waals surface area contributed by atoms with E-state index in [1.54, 1.807) is 0 Å². The van der Waals surface area contributed by atoms with E-state index in [4.69, 9.17) is 10.2 Å². The van der Waals surface area contributed by atoms with Gasteiger partial charge in [-0.25, -0.2) is 0 Å². The number of hydrogen-bond acceptors (Lipinski definition) is 2. The van der Waals surface area contributed by atoms with E-state index in [1.807, 2.05) is 24.3 Å². The summed E-state index contributed by atoms with van der Waals surface area (Å²) in [6.45, 7) is 0. The predicted octanol–water partition coefficient (Wildman–Crippen LogP) is 1.72. The van der Waals surface area contributed by atoms with Crippen molar-refractivity contribution in [2.24, 2.45) is 0 Å². The lowest BCUT2D eigenvalue weighted by Crippen LogP contribution is -2.00. The molecule has 0 heterocycles. The van der Waals surface area contributed by atoms with Gasteiger partial charge >= 0.3 is 11.9 Å². The van der Waals surface area contributed by atoms with Crippen molar-refractivity contribution in [3.8, 4) is 0 Å². The number of hydrogen-bond donors (Lipinski definition) is 2. The number of rotatable bonds is 6. The zero-order chi connectivity index (χ0) is 12.0. The molecule has 0 bridgehead atoms. The van der Waals surface area contributed by atoms with Gasteiger partial charge in [-0.2, -0.15) is 0 Å². The molecule has 0 radical (unpaired) electrons. The van der Waals surface area contributed by atoms with Gasteiger partial charge in [0.05, 0.1) is 0 Å². The van der Waals surface area contributed by atoms with Crippen LogP contribution in [0, 0.1) is 0 Å². The second-order valence-electron chi connectivity index (χ2n) is 3.61. The van der Waals surface area contributed by atoms with Crippen molar-refractivity contribution in [1.82, 2.24) is 0 Å². The Bertz CT molecular complexity index is 351. The molecule has 4 heteroatoms. The van der Waals surface area contributed by atoms with Crippen LogP contribution in [0.1, 0.15) is 24.0 Å². The second kappa shape index (κ2) is 5.90. The van der Waals surface area contributed by atoms with Gasteiger partial charge in [-0.3, -0.25) is 9.59 Å². The first-order valence-corrected chi connectivity index (χ1v) is 5.09. The number of aliphatic carboxylic acids is 2. The van der Waals surface area contributed by atoms with E-state index in [2.05, 4.69) is 0 Å². The summed E-state index contributed by atoms with van der Waals surface area (Å²) >= 11 is 0. The average Bonchev–Trinajstić information content (AvgIpc) is 2.24. The largest absolute Gasteiger partial charge is 0.481 e. The molecule has 16 heavy (non-hydrogen) atoms. The van der Waals surface area contributed by atoms with Gasteiger partial charge in [0.2, 0.25) is 0 Å². The first-order chi connectivity index (χ1) is 7.58. The van der Waals surface area contributed by atoms with Crippen molar-refractivity contribution in [3.05, 3.63) is 35.4 Å². The normalized spacial score (nSPS) is 10.0. The number of aryl methyl sites for hydroxylation is 2. The summed E-state index contributed by atoms with van der Waals surface area (Å²) < 4.78 is 0. The lowest BCUT2D eigenvalue weighted by Gasteiger charge is -2.02. The molecule has 2 N–H and O–H groups in total. The van der Waals surface area contributed by atoms with E-state index in [0.29, 0.717) is 12.8 Å². The van der Waals surface area contributed by atoms with E-state index in [9.17, 15) is 9.59 Å². The van der Waals surface area contributed by atoms with Crippen molar-refractivity contribution >= 4 is 11.9 Å². The first-order valence-electron chi connectivity index (χ1n) is 5.09. The molecule has 0 fully saturated rings. The van der Waals surface area contributed by atoms with Gasteiger partial charge in [-0.1, -0.05) is 24.3 Å². The van der Waals surface area contributed by atoms with Crippen molar-refractivity contribution in [1.29, 1.82) is 0 Å². The molecule has 4 nitrogen and oxygen atoms in total. The summed E-state index contributed by atoms with van der Waals surface area (Å²) in [5.74, 6) is -1.65.